The maximum absolute atomic E-state index is 9.87. The molecule has 0 spiro atoms. The Balaban J connectivity index is 2.01. The van der Waals surface area contributed by atoms with E-state index in [1.807, 2.05) is 60.7 Å². The van der Waals surface area contributed by atoms with Crippen LogP contribution in [0.1, 0.15) is 18.6 Å². The number of imidazole rings is 1. The lowest BCUT2D eigenvalue weighted by molar-refractivity contribution is 0.199. The summed E-state index contributed by atoms with van der Waals surface area (Å²) in [4.78, 5) is 4.84. The Labute approximate surface area is 151 Å². The highest BCUT2D eigenvalue weighted by atomic mass is 35.5. The molecule has 1 unspecified atom stereocenters. The third-order valence-electron chi connectivity index (χ3n) is 4.28. The number of aromatic nitrogens is 2. The van der Waals surface area contributed by atoms with Gasteiger partial charge in [0.1, 0.15) is 5.82 Å². The molecule has 0 amide bonds. The van der Waals surface area contributed by atoms with E-state index in [1.165, 1.54) is 0 Å². The second kappa shape index (κ2) is 6.36. The van der Waals surface area contributed by atoms with E-state index in [1.54, 1.807) is 6.92 Å². The molecule has 0 fully saturated rings. The minimum absolute atomic E-state index is 0.523. The second-order valence-corrected chi connectivity index (χ2v) is 6.47. The number of rotatable bonds is 3. The molecule has 0 aliphatic heterocycles. The number of fused-ring (bicyclic) bond motifs is 1. The van der Waals surface area contributed by atoms with E-state index in [2.05, 4.69) is 16.7 Å². The summed E-state index contributed by atoms with van der Waals surface area (Å²) in [5.41, 5.74) is 4.74. The zero-order valence-electron chi connectivity index (χ0n) is 13.7. The molecule has 0 saturated carbocycles. The summed E-state index contributed by atoms with van der Waals surface area (Å²) in [6.07, 6.45) is -0.523. The van der Waals surface area contributed by atoms with Crippen LogP contribution in [0.3, 0.4) is 0 Å². The SMILES string of the molecule is CC(O)c1ccc2c(c1)nc(-c1ccc(Cl)cc1)n2-c1ccccc1. The molecule has 4 rings (SSSR count). The number of para-hydroxylation sites is 1. The van der Waals surface area contributed by atoms with Crippen molar-refractivity contribution in [2.75, 3.05) is 0 Å². The first-order valence-corrected chi connectivity index (χ1v) is 8.53. The van der Waals surface area contributed by atoms with Crippen LogP contribution in [-0.4, -0.2) is 14.7 Å². The van der Waals surface area contributed by atoms with Gasteiger partial charge in [0.05, 0.1) is 17.1 Å². The minimum Gasteiger partial charge on any atom is -0.389 e. The van der Waals surface area contributed by atoms with Crippen LogP contribution in [0.2, 0.25) is 5.02 Å². The highest BCUT2D eigenvalue weighted by Crippen LogP contribution is 2.30. The molecule has 1 heterocycles. The predicted octanol–water partition coefficient (Wildman–Crippen LogP) is 5.40. The molecule has 4 aromatic rings. The van der Waals surface area contributed by atoms with Gasteiger partial charge in [-0.05, 0) is 61.0 Å². The van der Waals surface area contributed by atoms with E-state index in [0.29, 0.717) is 5.02 Å². The maximum atomic E-state index is 9.87. The molecular formula is C21H17ClN2O. The largest absolute Gasteiger partial charge is 0.389 e. The van der Waals surface area contributed by atoms with Gasteiger partial charge >= 0.3 is 0 Å². The lowest BCUT2D eigenvalue weighted by Crippen LogP contribution is -1.97. The monoisotopic (exact) mass is 348 g/mol. The van der Waals surface area contributed by atoms with Gasteiger partial charge in [0.15, 0.2) is 0 Å². The van der Waals surface area contributed by atoms with Crippen molar-refractivity contribution in [3.63, 3.8) is 0 Å². The Morgan fingerprint density at radius 3 is 2.36 bits per heavy atom. The molecule has 0 aliphatic carbocycles. The molecule has 3 aromatic carbocycles. The second-order valence-electron chi connectivity index (χ2n) is 6.04. The van der Waals surface area contributed by atoms with Gasteiger partial charge in [0.25, 0.3) is 0 Å². The van der Waals surface area contributed by atoms with Gasteiger partial charge in [0, 0.05) is 16.3 Å². The summed E-state index contributed by atoms with van der Waals surface area (Å²) in [5.74, 6) is 0.848. The molecule has 3 nitrogen and oxygen atoms in total. The number of halogens is 1. The Kier molecular flexibility index (Phi) is 4.04. The first-order valence-electron chi connectivity index (χ1n) is 8.15. The third-order valence-corrected chi connectivity index (χ3v) is 4.53. The van der Waals surface area contributed by atoms with Crippen molar-refractivity contribution in [3.05, 3.63) is 83.4 Å². The van der Waals surface area contributed by atoms with Crippen molar-refractivity contribution < 1.29 is 5.11 Å². The molecule has 0 radical (unpaired) electrons. The predicted molar refractivity (Wildman–Crippen MR) is 102 cm³/mol. The van der Waals surface area contributed by atoms with Crippen molar-refractivity contribution in [3.8, 4) is 17.1 Å². The Morgan fingerprint density at radius 1 is 0.960 bits per heavy atom. The molecule has 25 heavy (non-hydrogen) atoms. The van der Waals surface area contributed by atoms with Crippen molar-refractivity contribution >= 4 is 22.6 Å². The maximum Gasteiger partial charge on any atom is 0.145 e. The molecule has 1 N–H and O–H groups in total. The highest BCUT2D eigenvalue weighted by Gasteiger charge is 2.15. The molecule has 0 saturated heterocycles. The summed E-state index contributed by atoms with van der Waals surface area (Å²) in [7, 11) is 0. The van der Waals surface area contributed by atoms with Crippen LogP contribution in [0.15, 0.2) is 72.8 Å². The van der Waals surface area contributed by atoms with E-state index < -0.39 is 6.10 Å². The Morgan fingerprint density at radius 2 is 1.68 bits per heavy atom. The van der Waals surface area contributed by atoms with Crippen molar-refractivity contribution in [2.45, 2.75) is 13.0 Å². The lowest BCUT2D eigenvalue weighted by Gasteiger charge is -2.10. The van der Waals surface area contributed by atoms with Crippen LogP contribution in [0.5, 0.6) is 0 Å². The van der Waals surface area contributed by atoms with Gasteiger partial charge in [-0.25, -0.2) is 4.98 Å². The smallest absolute Gasteiger partial charge is 0.145 e. The third kappa shape index (κ3) is 2.93. The van der Waals surface area contributed by atoms with E-state index in [4.69, 9.17) is 16.6 Å². The van der Waals surface area contributed by atoms with Crippen molar-refractivity contribution in [1.29, 1.82) is 0 Å². The fourth-order valence-electron chi connectivity index (χ4n) is 2.99. The lowest BCUT2D eigenvalue weighted by atomic mass is 10.1. The summed E-state index contributed by atoms with van der Waals surface area (Å²) in [5, 5.41) is 10.6. The first-order chi connectivity index (χ1) is 12.1. The standard InChI is InChI=1S/C21H17ClN2O/c1-14(25)16-9-12-20-19(13-16)23-21(15-7-10-17(22)11-8-15)24(20)18-5-3-2-4-6-18/h2-14,25H,1H3. The molecular weight excluding hydrogens is 332 g/mol. The molecule has 4 heteroatoms. The number of nitrogens with zero attached hydrogens (tertiary/aromatic N) is 2. The normalized spacial score (nSPS) is 12.4. The van der Waals surface area contributed by atoms with E-state index >= 15 is 0 Å². The number of hydrogen-bond donors (Lipinski definition) is 1. The summed E-state index contributed by atoms with van der Waals surface area (Å²) in [6.45, 7) is 1.76. The molecule has 1 atom stereocenters. The van der Waals surface area contributed by atoms with Gasteiger partial charge in [-0.2, -0.15) is 0 Å². The molecule has 0 aliphatic rings. The van der Waals surface area contributed by atoms with Crippen LogP contribution < -0.4 is 0 Å². The van der Waals surface area contributed by atoms with Crippen LogP contribution in [0.25, 0.3) is 28.1 Å². The molecule has 0 bridgehead atoms. The van der Waals surface area contributed by atoms with Gasteiger partial charge in [-0.3, -0.25) is 4.57 Å². The van der Waals surface area contributed by atoms with Crippen LogP contribution in [-0.2, 0) is 0 Å². The summed E-state index contributed by atoms with van der Waals surface area (Å²) in [6, 6.07) is 23.7. The van der Waals surface area contributed by atoms with Gasteiger partial charge < -0.3 is 5.11 Å². The minimum atomic E-state index is -0.523. The number of aliphatic hydroxyl groups excluding tert-OH is 1. The topological polar surface area (TPSA) is 38.1 Å². The van der Waals surface area contributed by atoms with Crippen molar-refractivity contribution in [1.82, 2.24) is 9.55 Å². The highest BCUT2D eigenvalue weighted by molar-refractivity contribution is 6.30. The van der Waals surface area contributed by atoms with Crippen LogP contribution in [0, 0.1) is 0 Å². The quantitative estimate of drug-likeness (QED) is 0.538. The average molecular weight is 349 g/mol. The Hall–Kier alpha value is -2.62. The van der Waals surface area contributed by atoms with Crippen molar-refractivity contribution in [2.24, 2.45) is 0 Å². The Bertz CT molecular complexity index is 1020. The van der Waals surface area contributed by atoms with E-state index in [0.717, 1.165) is 33.7 Å². The first kappa shape index (κ1) is 15.9. The zero-order chi connectivity index (χ0) is 17.4. The van der Waals surface area contributed by atoms with E-state index in [-0.39, 0.29) is 0 Å². The van der Waals surface area contributed by atoms with E-state index in [9.17, 15) is 5.11 Å². The van der Waals surface area contributed by atoms with Gasteiger partial charge in [-0.15, -0.1) is 0 Å². The zero-order valence-corrected chi connectivity index (χ0v) is 14.5. The average Bonchev–Trinajstić information content (AvgIpc) is 3.01. The summed E-state index contributed by atoms with van der Waals surface area (Å²) < 4.78 is 2.13. The molecule has 124 valence electrons. The fraction of sp³-hybridized carbons (Fsp3) is 0.0952. The number of benzene rings is 3. The number of aliphatic hydroxyl groups is 1. The number of hydrogen-bond acceptors (Lipinski definition) is 2. The summed E-state index contributed by atoms with van der Waals surface area (Å²) >= 11 is 6.04. The molecule has 1 aromatic heterocycles. The van der Waals surface area contributed by atoms with Crippen LogP contribution >= 0.6 is 11.6 Å². The fourth-order valence-corrected chi connectivity index (χ4v) is 3.11. The van der Waals surface area contributed by atoms with Crippen LogP contribution in [0.4, 0.5) is 0 Å². The van der Waals surface area contributed by atoms with Gasteiger partial charge in [-0.1, -0.05) is 35.9 Å². The van der Waals surface area contributed by atoms with Gasteiger partial charge in [0.2, 0.25) is 0 Å².